The maximum absolute atomic E-state index is 12.3. The first-order chi connectivity index (χ1) is 9.61. The molecule has 1 aromatic heterocycles. The molecule has 0 aromatic carbocycles. The molecule has 0 bridgehead atoms. The lowest BCUT2D eigenvalue weighted by Gasteiger charge is -2.28. The van der Waals surface area contributed by atoms with E-state index >= 15 is 0 Å². The van der Waals surface area contributed by atoms with E-state index in [1.165, 1.54) is 12.8 Å². The highest BCUT2D eigenvalue weighted by Gasteiger charge is 2.22. The Morgan fingerprint density at radius 1 is 1.40 bits per heavy atom. The number of nitrogens with zero attached hydrogens (tertiary/aromatic N) is 2. The SMILES string of the molecule is CCc1nnc(C)cc1C(=O)NCC1CCCCC1N. The summed E-state index contributed by atoms with van der Waals surface area (Å²) in [6.45, 7) is 4.48. The molecule has 20 heavy (non-hydrogen) atoms. The molecule has 1 aliphatic rings. The summed E-state index contributed by atoms with van der Waals surface area (Å²) < 4.78 is 0. The Labute approximate surface area is 120 Å². The monoisotopic (exact) mass is 276 g/mol. The molecule has 1 aliphatic carbocycles. The van der Waals surface area contributed by atoms with Crippen molar-refractivity contribution in [3.8, 4) is 0 Å². The van der Waals surface area contributed by atoms with Gasteiger partial charge in [0.15, 0.2) is 0 Å². The van der Waals surface area contributed by atoms with Crippen molar-refractivity contribution in [1.29, 1.82) is 0 Å². The molecular formula is C15H24N4O. The third-order valence-electron chi connectivity index (χ3n) is 4.06. The lowest BCUT2D eigenvalue weighted by Crippen LogP contribution is -2.41. The van der Waals surface area contributed by atoms with Crippen molar-refractivity contribution in [2.45, 2.75) is 52.0 Å². The van der Waals surface area contributed by atoms with Gasteiger partial charge in [0.05, 0.1) is 17.0 Å². The first-order valence-electron chi connectivity index (χ1n) is 7.48. The van der Waals surface area contributed by atoms with Gasteiger partial charge < -0.3 is 11.1 Å². The van der Waals surface area contributed by atoms with Crippen molar-refractivity contribution >= 4 is 5.91 Å². The summed E-state index contributed by atoms with van der Waals surface area (Å²) in [6, 6.07) is 2.02. The summed E-state index contributed by atoms with van der Waals surface area (Å²) in [5.41, 5.74) is 8.27. The molecule has 2 unspecified atom stereocenters. The van der Waals surface area contributed by atoms with E-state index in [0.29, 0.717) is 24.4 Å². The Balaban J connectivity index is 1.99. The molecule has 1 fully saturated rings. The van der Waals surface area contributed by atoms with E-state index in [4.69, 9.17) is 5.73 Å². The average molecular weight is 276 g/mol. The second kappa shape index (κ2) is 6.79. The number of carbonyl (C=O) groups excluding carboxylic acids is 1. The van der Waals surface area contributed by atoms with Gasteiger partial charge in [-0.05, 0) is 38.2 Å². The fraction of sp³-hybridized carbons (Fsp3) is 0.667. The van der Waals surface area contributed by atoms with Crippen molar-refractivity contribution in [2.24, 2.45) is 11.7 Å². The number of carbonyl (C=O) groups is 1. The van der Waals surface area contributed by atoms with E-state index in [9.17, 15) is 4.79 Å². The van der Waals surface area contributed by atoms with Gasteiger partial charge in [-0.25, -0.2) is 0 Å². The maximum atomic E-state index is 12.3. The Morgan fingerprint density at radius 3 is 2.85 bits per heavy atom. The molecule has 1 saturated carbocycles. The molecule has 110 valence electrons. The predicted molar refractivity (Wildman–Crippen MR) is 78.4 cm³/mol. The van der Waals surface area contributed by atoms with Crippen molar-refractivity contribution in [1.82, 2.24) is 15.5 Å². The second-order valence-electron chi connectivity index (χ2n) is 5.62. The lowest BCUT2D eigenvalue weighted by atomic mass is 9.85. The van der Waals surface area contributed by atoms with E-state index in [2.05, 4.69) is 15.5 Å². The van der Waals surface area contributed by atoms with Gasteiger partial charge in [-0.1, -0.05) is 19.8 Å². The Hall–Kier alpha value is -1.49. The van der Waals surface area contributed by atoms with Crippen molar-refractivity contribution < 1.29 is 4.79 Å². The van der Waals surface area contributed by atoms with E-state index in [-0.39, 0.29) is 11.9 Å². The smallest absolute Gasteiger partial charge is 0.253 e. The number of hydrogen-bond acceptors (Lipinski definition) is 4. The summed E-state index contributed by atoms with van der Waals surface area (Å²) >= 11 is 0. The number of amides is 1. The largest absolute Gasteiger partial charge is 0.352 e. The van der Waals surface area contributed by atoms with E-state index in [0.717, 1.165) is 24.2 Å². The number of aromatic nitrogens is 2. The number of rotatable bonds is 4. The molecule has 5 heteroatoms. The van der Waals surface area contributed by atoms with Crippen LogP contribution in [0.2, 0.25) is 0 Å². The van der Waals surface area contributed by atoms with E-state index < -0.39 is 0 Å². The number of nitrogens with two attached hydrogens (primary N) is 1. The molecule has 1 aromatic rings. The minimum absolute atomic E-state index is 0.0578. The van der Waals surface area contributed by atoms with Crippen LogP contribution >= 0.6 is 0 Å². The highest BCUT2D eigenvalue weighted by molar-refractivity contribution is 5.95. The third kappa shape index (κ3) is 3.54. The lowest BCUT2D eigenvalue weighted by molar-refractivity contribution is 0.0939. The standard InChI is InChI=1S/C15H24N4O/c1-3-14-12(8-10(2)18-19-14)15(20)17-9-11-6-4-5-7-13(11)16/h8,11,13H,3-7,9,16H2,1-2H3,(H,17,20). The van der Waals surface area contributed by atoms with Gasteiger partial charge in [0, 0.05) is 12.6 Å². The molecule has 3 N–H and O–H groups in total. The minimum Gasteiger partial charge on any atom is -0.352 e. The molecular weight excluding hydrogens is 252 g/mol. The Morgan fingerprint density at radius 2 is 2.15 bits per heavy atom. The van der Waals surface area contributed by atoms with Gasteiger partial charge in [-0.15, -0.1) is 0 Å². The quantitative estimate of drug-likeness (QED) is 0.875. The second-order valence-corrected chi connectivity index (χ2v) is 5.62. The van der Waals surface area contributed by atoms with Crippen molar-refractivity contribution in [3.63, 3.8) is 0 Å². The molecule has 0 spiro atoms. The summed E-state index contributed by atoms with van der Waals surface area (Å²) in [7, 11) is 0. The molecule has 0 aliphatic heterocycles. The zero-order valence-electron chi connectivity index (χ0n) is 12.4. The van der Waals surface area contributed by atoms with Crippen LogP contribution in [0.4, 0.5) is 0 Å². The van der Waals surface area contributed by atoms with Crippen LogP contribution in [0.5, 0.6) is 0 Å². The zero-order valence-corrected chi connectivity index (χ0v) is 12.4. The molecule has 1 heterocycles. The summed E-state index contributed by atoms with van der Waals surface area (Å²) in [5.74, 6) is 0.339. The predicted octanol–water partition coefficient (Wildman–Crippen LogP) is 1.59. The fourth-order valence-corrected chi connectivity index (χ4v) is 2.78. The third-order valence-corrected chi connectivity index (χ3v) is 4.06. The van der Waals surface area contributed by atoms with Crippen LogP contribution < -0.4 is 11.1 Å². The van der Waals surface area contributed by atoms with Crippen molar-refractivity contribution in [3.05, 3.63) is 23.0 Å². The molecule has 2 rings (SSSR count). The molecule has 1 amide bonds. The molecule has 0 radical (unpaired) electrons. The van der Waals surface area contributed by atoms with Crippen LogP contribution in [0.3, 0.4) is 0 Å². The van der Waals surface area contributed by atoms with Crippen LogP contribution in [0, 0.1) is 12.8 Å². The number of hydrogen-bond donors (Lipinski definition) is 2. The van der Waals surface area contributed by atoms with Crippen LogP contribution in [0.15, 0.2) is 6.07 Å². The highest BCUT2D eigenvalue weighted by Crippen LogP contribution is 2.22. The van der Waals surface area contributed by atoms with Crippen LogP contribution in [0.25, 0.3) is 0 Å². The zero-order chi connectivity index (χ0) is 14.5. The number of aryl methyl sites for hydroxylation is 2. The molecule has 0 saturated heterocycles. The van der Waals surface area contributed by atoms with Gasteiger partial charge in [-0.2, -0.15) is 10.2 Å². The summed E-state index contributed by atoms with van der Waals surface area (Å²) in [6.07, 6.45) is 5.30. The first-order valence-corrected chi connectivity index (χ1v) is 7.48. The Bertz CT molecular complexity index is 475. The van der Waals surface area contributed by atoms with Gasteiger partial charge >= 0.3 is 0 Å². The van der Waals surface area contributed by atoms with Crippen LogP contribution in [0.1, 0.15) is 54.4 Å². The first kappa shape index (κ1) is 14.9. The maximum Gasteiger partial charge on any atom is 0.253 e. The summed E-state index contributed by atoms with van der Waals surface area (Å²) in [5, 5.41) is 11.1. The summed E-state index contributed by atoms with van der Waals surface area (Å²) in [4.78, 5) is 12.3. The van der Waals surface area contributed by atoms with Gasteiger partial charge in [0.2, 0.25) is 0 Å². The average Bonchev–Trinajstić information content (AvgIpc) is 2.46. The number of nitrogens with one attached hydrogen (secondary N) is 1. The normalized spacial score (nSPS) is 22.6. The Kier molecular flexibility index (Phi) is 5.06. The van der Waals surface area contributed by atoms with E-state index in [1.807, 2.05) is 19.9 Å². The van der Waals surface area contributed by atoms with Crippen molar-refractivity contribution in [2.75, 3.05) is 6.54 Å². The molecule has 5 nitrogen and oxygen atoms in total. The van der Waals surface area contributed by atoms with Gasteiger partial charge in [0.25, 0.3) is 5.91 Å². The van der Waals surface area contributed by atoms with Gasteiger partial charge in [-0.3, -0.25) is 4.79 Å². The van der Waals surface area contributed by atoms with Gasteiger partial charge in [0.1, 0.15) is 0 Å². The van der Waals surface area contributed by atoms with E-state index in [1.54, 1.807) is 0 Å². The minimum atomic E-state index is -0.0578. The van der Waals surface area contributed by atoms with Crippen LogP contribution in [-0.4, -0.2) is 28.7 Å². The highest BCUT2D eigenvalue weighted by atomic mass is 16.1. The fourth-order valence-electron chi connectivity index (χ4n) is 2.78. The topological polar surface area (TPSA) is 80.9 Å². The van der Waals surface area contributed by atoms with Crippen LogP contribution in [-0.2, 0) is 6.42 Å². The molecule has 2 atom stereocenters.